The normalized spacial score (nSPS) is 18.9. The fourth-order valence-corrected chi connectivity index (χ4v) is 4.57. The number of fused-ring (bicyclic) bond motifs is 2. The van der Waals surface area contributed by atoms with E-state index in [1.807, 2.05) is 0 Å². The molecule has 0 bridgehead atoms. The van der Waals surface area contributed by atoms with E-state index in [4.69, 9.17) is 0 Å². The number of carbonyl (C=O) groups excluding carboxylic acids is 1. The van der Waals surface area contributed by atoms with Crippen molar-refractivity contribution in [3.05, 3.63) is 45.0 Å². The van der Waals surface area contributed by atoms with Crippen LogP contribution in [0.1, 0.15) is 0 Å². The monoisotopic (exact) mass is 435 g/mol. The van der Waals surface area contributed by atoms with Crippen LogP contribution < -0.4 is 0 Å². The van der Waals surface area contributed by atoms with Crippen LogP contribution in [0, 0.1) is 16.0 Å². The Bertz CT molecular complexity index is 1060. The maximum absolute atomic E-state index is 12.2. The van der Waals surface area contributed by atoms with E-state index in [0.29, 0.717) is 21.2 Å². The molecule has 0 N–H and O–H groups in total. The zero-order valence-electron chi connectivity index (χ0n) is 12.1. The molecule has 124 valence electrons. The Morgan fingerprint density at radius 3 is 2.84 bits per heavy atom. The van der Waals surface area contributed by atoms with Gasteiger partial charge in [0.1, 0.15) is 21.8 Å². The Hall–Kier alpha value is -2.24. The minimum Gasteiger partial charge on any atom is -0.271 e. The van der Waals surface area contributed by atoms with Crippen LogP contribution in [0.4, 0.5) is 5.69 Å². The maximum Gasteiger partial charge on any atom is 0.286 e. The molecule has 1 aliphatic heterocycles. The Morgan fingerprint density at radius 1 is 1.24 bits per heavy atom. The number of halogens is 1. The van der Waals surface area contributed by atoms with Crippen molar-refractivity contribution in [1.82, 2.24) is 8.75 Å². The first-order chi connectivity index (χ1) is 12.0. The number of nitro groups is 1. The SMILES string of the molecule is O=C1N=C(Sc2c([N+](=O)[O-])cc(Br)c3nsnc23)N=C2C=CC=CC12. The molecule has 0 saturated heterocycles. The van der Waals surface area contributed by atoms with Gasteiger partial charge in [-0.1, -0.05) is 18.2 Å². The first-order valence-corrected chi connectivity index (χ1v) is 9.21. The summed E-state index contributed by atoms with van der Waals surface area (Å²) in [5.74, 6) is -0.837. The second-order valence-electron chi connectivity index (χ2n) is 5.02. The van der Waals surface area contributed by atoms with E-state index in [1.54, 1.807) is 24.3 Å². The Morgan fingerprint density at radius 2 is 2.04 bits per heavy atom. The number of nitro benzene ring substituents is 1. The van der Waals surface area contributed by atoms with E-state index in [2.05, 4.69) is 34.7 Å². The highest BCUT2D eigenvalue weighted by Gasteiger charge is 2.29. The van der Waals surface area contributed by atoms with Gasteiger partial charge in [0, 0.05) is 6.07 Å². The summed E-state index contributed by atoms with van der Waals surface area (Å²) >= 11 is 5.17. The molecule has 1 aliphatic carbocycles. The number of aromatic nitrogens is 2. The highest BCUT2D eigenvalue weighted by molar-refractivity contribution is 9.10. The van der Waals surface area contributed by atoms with Crippen LogP contribution in [0.3, 0.4) is 0 Å². The number of benzene rings is 1. The first kappa shape index (κ1) is 16.2. The first-order valence-electron chi connectivity index (χ1n) is 6.87. The van der Waals surface area contributed by atoms with Crippen LogP contribution in [0.2, 0.25) is 0 Å². The lowest BCUT2D eigenvalue weighted by Gasteiger charge is -2.17. The fraction of sp³-hybridized carbons (Fsp3) is 0.0714. The number of thioether (sulfide) groups is 1. The molecule has 11 heteroatoms. The highest BCUT2D eigenvalue weighted by Crippen LogP contribution is 2.40. The van der Waals surface area contributed by atoms with Gasteiger partial charge in [-0.3, -0.25) is 14.9 Å². The zero-order valence-corrected chi connectivity index (χ0v) is 15.3. The topological polar surface area (TPSA) is 111 Å². The van der Waals surface area contributed by atoms with Crippen LogP contribution in [-0.4, -0.2) is 30.5 Å². The summed E-state index contributed by atoms with van der Waals surface area (Å²) in [6, 6.07) is 1.37. The molecule has 2 aliphatic rings. The summed E-state index contributed by atoms with van der Waals surface area (Å²) in [6.07, 6.45) is 6.99. The van der Waals surface area contributed by atoms with E-state index in [-0.39, 0.29) is 21.7 Å². The number of rotatable bonds is 2. The molecule has 1 atom stereocenters. The molecule has 0 radical (unpaired) electrons. The molecule has 8 nitrogen and oxygen atoms in total. The lowest BCUT2D eigenvalue weighted by molar-refractivity contribution is -0.387. The highest BCUT2D eigenvalue weighted by atomic mass is 79.9. The third-order valence-electron chi connectivity index (χ3n) is 3.51. The predicted octanol–water partition coefficient (Wildman–Crippen LogP) is 3.53. The number of hydrogen-bond donors (Lipinski definition) is 0. The predicted molar refractivity (Wildman–Crippen MR) is 99.3 cm³/mol. The standard InChI is InChI=1S/C14H6BrN5O3S2/c15-7-5-9(20(22)23)12(11-10(7)18-25-19-11)24-14-16-8-4-2-1-3-6(8)13(21)17-14/h1-6H. The van der Waals surface area contributed by atoms with E-state index >= 15 is 0 Å². The molecule has 1 aromatic heterocycles. The van der Waals surface area contributed by atoms with Crippen molar-refractivity contribution in [1.29, 1.82) is 0 Å². The van der Waals surface area contributed by atoms with Gasteiger partial charge in [0.15, 0.2) is 5.17 Å². The molecule has 4 rings (SSSR count). The quantitative estimate of drug-likeness (QED) is 0.526. The number of allylic oxidation sites excluding steroid dienone is 3. The summed E-state index contributed by atoms with van der Waals surface area (Å²) in [7, 11) is 0. The molecule has 1 aromatic carbocycles. The van der Waals surface area contributed by atoms with E-state index < -0.39 is 10.8 Å². The number of carbonyl (C=O) groups is 1. The number of nitrogens with zero attached hydrogens (tertiary/aromatic N) is 5. The van der Waals surface area contributed by atoms with Crippen molar-refractivity contribution in [2.24, 2.45) is 15.9 Å². The average Bonchev–Trinajstić information content (AvgIpc) is 3.07. The Balaban J connectivity index is 1.81. The zero-order chi connectivity index (χ0) is 17.6. The van der Waals surface area contributed by atoms with Crippen LogP contribution in [0.25, 0.3) is 11.0 Å². The van der Waals surface area contributed by atoms with Gasteiger partial charge in [0.05, 0.1) is 26.8 Å². The van der Waals surface area contributed by atoms with Crippen molar-refractivity contribution in [2.45, 2.75) is 4.90 Å². The average molecular weight is 436 g/mol. The largest absolute Gasteiger partial charge is 0.286 e. The van der Waals surface area contributed by atoms with Gasteiger partial charge in [0.2, 0.25) is 0 Å². The van der Waals surface area contributed by atoms with Gasteiger partial charge in [-0.2, -0.15) is 13.7 Å². The van der Waals surface area contributed by atoms with Crippen molar-refractivity contribution in [2.75, 3.05) is 0 Å². The number of hydrogen-bond acceptors (Lipinski definition) is 8. The maximum atomic E-state index is 12.2. The van der Waals surface area contributed by atoms with Crippen LogP contribution in [0.15, 0.2) is 49.7 Å². The van der Waals surface area contributed by atoms with Gasteiger partial charge in [-0.25, -0.2) is 4.99 Å². The van der Waals surface area contributed by atoms with Gasteiger partial charge in [-0.05, 0) is 33.8 Å². The molecule has 2 heterocycles. The third kappa shape index (κ3) is 2.83. The van der Waals surface area contributed by atoms with Crippen molar-refractivity contribution in [3.63, 3.8) is 0 Å². The second-order valence-corrected chi connectivity index (χ2v) is 7.38. The molecule has 2 aromatic rings. The fourth-order valence-electron chi connectivity index (χ4n) is 2.39. The smallest absolute Gasteiger partial charge is 0.271 e. The molecule has 1 amide bonds. The summed E-state index contributed by atoms with van der Waals surface area (Å²) in [5, 5.41) is 11.6. The molecule has 1 unspecified atom stereocenters. The molecule has 0 saturated carbocycles. The molecular formula is C14H6BrN5O3S2. The van der Waals surface area contributed by atoms with Crippen LogP contribution in [-0.2, 0) is 4.79 Å². The van der Waals surface area contributed by atoms with Crippen molar-refractivity contribution < 1.29 is 9.72 Å². The van der Waals surface area contributed by atoms with Gasteiger partial charge < -0.3 is 0 Å². The minimum atomic E-state index is -0.504. The van der Waals surface area contributed by atoms with E-state index in [9.17, 15) is 14.9 Å². The van der Waals surface area contributed by atoms with Crippen LogP contribution in [0.5, 0.6) is 0 Å². The van der Waals surface area contributed by atoms with Crippen molar-refractivity contribution >= 4 is 72.9 Å². The molecule has 0 fully saturated rings. The van der Waals surface area contributed by atoms with Gasteiger partial charge in [-0.15, -0.1) is 0 Å². The summed E-state index contributed by atoms with van der Waals surface area (Å²) in [5.41, 5.74) is 1.32. The Kier molecular flexibility index (Phi) is 4.06. The van der Waals surface area contributed by atoms with Gasteiger partial charge in [0.25, 0.3) is 11.6 Å². The second kappa shape index (κ2) is 6.24. The summed E-state index contributed by atoms with van der Waals surface area (Å²) in [4.78, 5) is 31.7. The Labute approximate surface area is 157 Å². The van der Waals surface area contributed by atoms with Gasteiger partial charge >= 0.3 is 0 Å². The van der Waals surface area contributed by atoms with Crippen molar-refractivity contribution in [3.8, 4) is 0 Å². The van der Waals surface area contributed by atoms with E-state index in [1.165, 1.54) is 6.07 Å². The minimum absolute atomic E-state index is 0.145. The van der Waals surface area contributed by atoms with E-state index in [0.717, 1.165) is 23.5 Å². The summed E-state index contributed by atoms with van der Waals surface area (Å²) < 4.78 is 8.77. The lowest BCUT2D eigenvalue weighted by atomic mass is 9.97. The molecule has 25 heavy (non-hydrogen) atoms. The number of amides is 1. The molecule has 0 spiro atoms. The number of amidine groups is 1. The van der Waals surface area contributed by atoms with Crippen LogP contribution >= 0.6 is 39.4 Å². The summed E-state index contributed by atoms with van der Waals surface area (Å²) in [6.45, 7) is 0. The lowest BCUT2D eigenvalue weighted by Crippen LogP contribution is -2.26. The third-order valence-corrected chi connectivity index (χ3v) is 5.62. The molecular weight excluding hydrogens is 430 g/mol. The number of aliphatic imine (C=N–C) groups is 2.